The van der Waals surface area contributed by atoms with Gasteiger partial charge >= 0.3 is 0 Å². The lowest BCUT2D eigenvalue weighted by Crippen LogP contribution is -2.31. The number of hydrogen-bond donors (Lipinski definition) is 5. The van der Waals surface area contributed by atoms with E-state index in [1.165, 1.54) is 6.42 Å². The number of nitrogens with zero attached hydrogens (tertiary/aromatic N) is 1. The lowest BCUT2D eigenvalue weighted by molar-refractivity contribution is -0.125. The molecule has 32 heavy (non-hydrogen) atoms. The highest BCUT2D eigenvalue weighted by Gasteiger charge is 2.23. The maximum absolute atomic E-state index is 12.7. The van der Waals surface area contributed by atoms with Gasteiger partial charge in [-0.2, -0.15) is 0 Å². The zero-order chi connectivity index (χ0) is 23.5. The van der Waals surface area contributed by atoms with Crippen LogP contribution in [0.15, 0.2) is 47.1 Å². The van der Waals surface area contributed by atoms with Crippen LogP contribution in [0, 0.1) is 22.7 Å². The maximum atomic E-state index is 12.7. The topological polar surface area (TPSA) is 141 Å². The van der Waals surface area contributed by atoms with Crippen molar-refractivity contribution >= 4 is 29.5 Å². The van der Waals surface area contributed by atoms with Gasteiger partial charge in [-0.1, -0.05) is 45.3 Å². The van der Waals surface area contributed by atoms with Crippen LogP contribution in [0.1, 0.15) is 69.9 Å². The highest BCUT2D eigenvalue weighted by Crippen LogP contribution is 2.26. The second-order valence-corrected chi connectivity index (χ2v) is 7.89. The van der Waals surface area contributed by atoms with Crippen LogP contribution < -0.4 is 16.8 Å². The Hall–Kier alpha value is -3.22. The Morgan fingerprint density at radius 3 is 2.59 bits per heavy atom. The molecule has 0 saturated heterocycles. The summed E-state index contributed by atoms with van der Waals surface area (Å²) in [6.07, 6.45) is 13.7. The quantitative estimate of drug-likeness (QED) is 0.254. The summed E-state index contributed by atoms with van der Waals surface area (Å²) in [7, 11) is 0. The molecule has 7 heteroatoms. The molecule has 1 aromatic carbocycles. The first kappa shape index (κ1) is 25.0. The van der Waals surface area contributed by atoms with E-state index < -0.39 is 0 Å². The average molecular weight is 437 g/mol. The van der Waals surface area contributed by atoms with Crippen molar-refractivity contribution in [2.45, 2.75) is 58.8 Å². The van der Waals surface area contributed by atoms with Gasteiger partial charge in [-0.3, -0.25) is 10.2 Å². The molecule has 0 aliphatic heterocycles. The lowest BCUT2D eigenvalue weighted by atomic mass is 9.88. The van der Waals surface area contributed by atoms with E-state index in [2.05, 4.69) is 10.3 Å². The molecule has 7 N–H and O–H groups in total. The zero-order valence-electron chi connectivity index (χ0n) is 19.2. The van der Waals surface area contributed by atoms with Crippen LogP contribution in [0.2, 0.25) is 0 Å². The van der Waals surface area contributed by atoms with Gasteiger partial charge in [0, 0.05) is 40.1 Å². The van der Waals surface area contributed by atoms with Crippen LogP contribution >= 0.6 is 0 Å². The van der Waals surface area contributed by atoms with Crippen molar-refractivity contribution in [3.8, 4) is 0 Å². The molecular weight excluding hydrogens is 400 g/mol. The highest BCUT2D eigenvalue weighted by molar-refractivity contribution is 6.08. The Balaban J connectivity index is 0.00000176. The van der Waals surface area contributed by atoms with Crippen LogP contribution in [0.4, 0.5) is 5.69 Å². The van der Waals surface area contributed by atoms with E-state index in [1.807, 2.05) is 32.1 Å². The van der Waals surface area contributed by atoms with E-state index in [-0.39, 0.29) is 23.6 Å². The van der Waals surface area contributed by atoms with Crippen molar-refractivity contribution in [2.75, 3.05) is 5.73 Å². The van der Waals surface area contributed by atoms with E-state index in [9.17, 15) is 4.79 Å². The monoisotopic (exact) mass is 436 g/mol. The number of nitrogens with one attached hydrogen (secondary N) is 3. The third kappa shape index (κ3) is 6.64. The third-order valence-corrected chi connectivity index (χ3v) is 5.78. The number of carbonyl (C=O) groups excluding carboxylic acids is 1. The van der Waals surface area contributed by atoms with Crippen molar-refractivity contribution in [2.24, 2.45) is 22.6 Å². The number of aliphatic imine (C=N–C) groups is 1. The Morgan fingerprint density at radius 1 is 1.19 bits per heavy atom. The first-order valence-corrected chi connectivity index (χ1v) is 11.5. The number of nitrogens with two attached hydrogens (primary N) is 2. The molecule has 1 amide bonds. The van der Waals surface area contributed by atoms with Crippen LogP contribution in [0.3, 0.4) is 0 Å². The number of amidine groups is 1. The fourth-order valence-corrected chi connectivity index (χ4v) is 4.05. The van der Waals surface area contributed by atoms with Gasteiger partial charge in [0.1, 0.15) is 12.2 Å². The molecular formula is C25H36N6O. The summed E-state index contributed by atoms with van der Waals surface area (Å²) >= 11 is 0. The third-order valence-electron chi connectivity index (χ3n) is 5.78. The van der Waals surface area contributed by atoms with Crippen LogP contribution in [-0.2, 0) is 4.79 Å². The molecule has 2 aliphatic carbocycles. The fraction of sp³-hybridized carbons (Fsp3) is 0.440. The van der Waals surface area contributed by atoms with Crippen LogP contribution in [-0.4, -0.2) is 23.8 Å². The summed E-state index contributed by atoms with van der Waals surface area (Å²) in [6, 6.07) is 5.18. The molecule has 1 unspecified atom stereocenters. The van der Waals surface area contributed by atoms with Gasteiger partial charge in [0.25, 0.3) is 0 Å². The summed E-state index contributed by atoms with van der Waals surface area (Å²) < 4.78 is 0. The molecule has 0 heterocycles. The number of amides is 1. The summed E-state index contributed by atoms with van der Waals surface area (Å²) in [5.74, 6) is 0.185. The van der Waals surface area contributed by atoms with Crippen molar-refractivity contribution in [3.63, 3.8) is 0 Å². The first-order valence-electron chi connectivity index (χ1n) is 11.5. The molecule has 0 spiro atoms. The highest BCUT2D eigenvalue weighted by atomic mass is 16.1. The van der Waals surface area contributed by atoms with E-state index in [0.717, 1.165) is 50.6 Å². The first-order chi connectivity index (χ1) is 15.5. The van der Waals surface area contributed by atoms with Gasteiger partial charge in [-0.05, 0) is 50.0 Å². The minimum Gasteiger partial charge on any atom is -0.398 e. The van der Waals surface area contributed by atoms with Crippen molar-refractivity contribution in [3.05, 3.63) is 53.3 Å². The Kier molecular flexibility index (Phi) is 9.85. The molecule has 1 atom stereocenters. The maximum Gasteiger partial charge on any atom is 0.227 e. The van der Waals surface area contributed by atoms with E-state index in [1.54, 1.807) is 18.2 Å². The number of allylic oxidation sites excluding steroid dienone is 3. The van der Waals surface area contributed by atoms with E-state index in [4.69, 9.17) is 22.3 Å². The summed E-state index contributed by atoms with van der Waals surface area (Å²) in [4.78, 5) is 16.5. The molecule has 172 valence electrons. The molecule has 1 fully saturated rings. The van der Waals surface area contributed by atoms with Gasteiger partial charge in [-0.15, -0.1) is 0 Å². The second kappa shape index (κ2) is 12.6. The standard InChI is InChI=1S/C23H30N6O.C2H6/c24-14-28-22(27)17-10-11-20(25)19(13-17)21(26)16-8-4-5-9-18(12-16)29-23(30)15-6-2-1-3-7-15;1-2/h5,9-16,26H,1-4,6-8,25H2,(H,29,30)(H3,24,27,28);1-2H3. The number of hydrogen-bond acceptors (Lipinski definition) is 4. The van der Waals surface area contributed by atoms with Gasteiger partial charge in [0.05, 0.1) is 0 Å². The van der Waals surface area contributed by atoms with E-state index >= 15 is 0 Å². The number of anilines is 1. The fourth-order valence-electron chi connectivity index (χ4n) is 4.05. The SMILES string of the molecule is CC.N=CN=C(N)c1ccc(N)c(C(=N)C2C=C(NC(=O)C3CCCCC3)C=CCC2)c1. The summed E-state index contributed by atoms with van der Waals surface area (Å²) in [6.45, 7) is 4.00. The Bertz CT molecular complexity index is 909. The number of nitrogen functional groups attached to an aromatic ring is 1. The summed E-state index contributed by atoms with van der Waals surface area (Å²) in [5.41, 5.74) is 14.9. The van der Waals surface area contributed by atoms with Crippen molar-refractivity contribution in [1.82, 2.24) is 5.32 Å². The minimum absolute atomic E-state index is 0.0786. The molecule has 1 aromatic rings. The molecule has 7 nitrogen and oxygen atoms in total. The Labute approximate surface area is 191 Å². The predicted octanol–water partition coefficient (Wildman–Crippen LogP) is 4.52. The van der Waals surface area contributed by atoms with Crippen LogP contribution in [0.25, 0.3) is 0 Å². The van der Waals surface area contributed by atoms with Crippen LogP contribution in [0.5, 0.6) is 0 Å². The number of benzene rings is 1. The molecule has 3 rings (SSSR count). The van der Waals surface area contributed by atoms with Crippen molar-refractivity contribution < 1.29 is 4.79 Å². The zero-order valence-corrected chi connectivity index (χ0v) is 19.2. The molecule has 2 aliphatic rings. The normalized spacial score (nSPS) is 19.1. The number of carbonyl (C=O) groups is 1. The van der Waals surface area contributed by atoms with E-state index in [0.29, 0.717) is 22.5 Å². The second-order valence-electron chi connectivity index (χ2n) is 7.89. The Morgan fingerprint density at radius 2 is 1.91 bits per heavy atom. The smallest absolute Gasteiger partial charge is 0.227 e. The largest absolute Gasteiger partial charge is 0.398 e. The van der Waals surface area contributed by atoms with Gasteiger partial charge in [0.2, 0.25) is 5.91 Å². The molecule has 0 bridgehead atoms. The molecule has 0 radical (unpaired) electrons. The van der Waals surface area contributed by atoms with Gasteiger partial charge < -0.3 is 22.2 Å². The average Bonchev–Trinajstić information content (AvgIpc) is 3.06. The summed E-state index contributed by atoms with van der Waals surface area (Å²) in [5, 5.41) is 18.9. The van der Waals surface area contributed by atoms with Crippen molar-refractivity contribution in [1.29, 1.82) is 10.8 Å². The lowest BCUT2D eigenvalue weighted by Gasteiger charge is -2.21. The minimum atomic E-state index is -0.180. The van der Waals surface area contributed by atoms with Gasteiger partial charge in [0.15, 0.2) is 0 Å². The van der Waals surface area contributed by atoms with Gasteiger partial charge in [-0.25, -0.2) is 4.99 Å². The molecule has 0 aromatic heterocycles. The predicted molar refractivity (Wildman–Crippen MR) is 133 cm³/mol. The molecule has 1 saturated carbocycles. The number of rotatable bonds is 6.